The second-order valence-electron chi connectivity index (χ2n) is 5.31. The SMILES string of the molecule is COc1cc(C(=O)OC(C)C)nc(-c2ccc(C(F)(F)F)cc2)c1. The molecule has 0 bridgehead atoms. The number of methoxy groups -OCH3 is 1. The van der Waals surface area contributed by atoms with Gasteiger partial charge in [0, 0.05) is 17.7 Å². The van der Waals surface area contributed by atoms with Crippen LogP contribution in [0.2, 0.25) is 0 Å². The summed E-state index contributed by atoms with van der Waals surface area (Å²) < 4.78 is 48.1. The van der Waals surface area contributed by atoms with Crippen molar-refractivity contribution in [1.82, 2.24) is 4.98 Å². The number of nitrogens with zero attached hydrogens (tertiary/aromatic N) is 1. The molecule has 24 heavy (non-hydrogen) atoms. The van der Waals surface area contributed by atoms with Crippen molar-refractivity contribution < 1.29 is 27.4 Å². The van der Waals surface area contributed by atoms with E-state index in [4.69, 9.17) is 9.47 Å². The maximum atomic E-state index is 12.6. The summed E-state index contributed by atoms with van der Waals surface area (Å²) in [4.78, 5) is 16.2. The van der Waals surface area contributed by atoms with Crippen LogP contribution in [0.15, 0.2) is 36.4 Å². The van der Waals surface area contributed by atoms with E-state index in [1.807, 2.05) is 0 Å². The highest BCUT2D eigenvalue weighted by Gasteiger charge is 2.30. The summed E-state index contributed by atoms with van der Waals surface area (Å²) >= 11 is 0. The van der Waals surface area contributed by atoms with Gasteiger partial charge in [-0.15, -0.1) is 0 Å². The molecule has 128 valence electrons. The highest BCUT2D eigenvalue weighted by atomic mass is 19.4. The zero-order valence-electron chi connectivity index (χ0n) is 13.3. The van der Waals surface area contributed by atoms with Crippen LogP contribution in [-0.2, 0) is 10.9 Å². The fourth-order valence-electron chi connectivity index (χ4n) is 1.98. The van der Waals surface area contributed by atoms with E-state index < -0.39 is 17.7 Å². The Hall–Kier alpha value is -2.57. The van der Waals surface area contributed by atoms with Crippen molar-refractivity contribution in [2.45, 2.75) is 26.1 Å². The molecule has 0 unspecified atom stereocenters. The molecule has 7 heteroatoms. The lowest BCUT2D eigenvalue weighted by Gasteiger charge is -2.11. The predicted molar refractivity (Wildman–Crippen MR) is 81.8 cm³/mol. The zero-order valence-corrected chi connectivity index (χ0v) is 13.3. The molecule has 0 saturated carbocycles. The van der Waals surface area contributed by atoms with Crippen LogP contribution in [0, 0.1) is 0 Å². The zero-order chi connectivity index (χ0) is 17.9. The third-order valence-electron chi connectivity index (χ3n) is 3.09. The number of halogens is 3. The normalized spacial score (nSPS) is 11.5. The second-order valence-corrected chi connectivity index (χ2v) is 5.31. The number of benzene rings is 1. The van der Waals surface area contributed by atoms with Gasteiger partial charge in [0.15, 0.2) is 5.69 Å². The van der Waals surface area contributed by atoms with Gasteiger partial charge in [-0.3, -0.25) is 0 Å². The van der Waals surface area contributed by atoms with E-state index in [-0.39, 0.29) is 11.8 Å². The Balaban J connectivity index is 2.41. The number of pyridine rings is 1. The van der Waals surface area contributed by atoms with Crippen molar-refractivity contribution >= 4 is 5.97 Å². The van der Waals surface area contributed by atoms with Crippen LogP contribution in [0.4, 0.5) is 13.2 Å². The Labute approximate surface area is 137 Å². The molecule has 2 rings (SSSR count). The smallest absolute Gasteiger partial charge is 0.416 e. The molecular weight excluding hydrogens is 323 g/mol. The quantitative estimate of drug-likeness (QED) is 0.778. The van der Waals surface area contributed by atoms with Crippen LogP contribution in [-0.4, -0.2) is 24.2 Å². The average molecular weight is 339 g/mol. The highest BCUT2D eigenvalue weighted by molar-refractivity contribution is 5.88. The van der Waals surface area contributed by atoms with Crippen molar-refractivity contribution in [2.75, 3.05) is 7.11 Å². The summed E-state index contributed by atoms with van der Waals surface area (Å²) in [6, 6.07) is 7.46. The lowest BCUT2D eigenvalue weighted by Crippen LogP contribution is -2.13. The number of ether oxygens (including phenoxy) is 2. The fraction of sp³-hybridized carbons (Fsp3) is 0.294. The van der Waals surface area contributed by atoms with Crippen molar-refractivity contribution in [3.05, 3.63) is 47.7 Å². The second kappa shape index (κ2) is 6.90. The molecule has 0 aliphatic carbocycles. The number of hydrogen-bond acceptors (Lipinski definition) is 4. The van der Waals surface area contributed by atoms with Gasteiger partial charge in [-0.2, -0.15) is 13.2 Å². The van der Waals surface area contributed by atoms with Crippen molar-refractivity contribution in [3.8, 4) is 17.0 Å². The van der Waals surface area contributed by atoms with Crippen LogP contribution in [0.3, 0.4) is 0 Å². The number of rotatable bonds is 4. The highest BCUT2D eigenvalue weighted by Crippen LogP contribution is 2.31. The van der Waals surface area contributed by atoms with Gasteiger partial charge in [-0.25, -0.2) is 9.78 Å². The average Bonchev–Trinajstić information content (AvgIpc) is 2.53. The van der Waals surface area contributed by atoms with Crippen molar-refractivity contribution in [1.29, 1.82) is 0 Å². The van der Waals surface area contributed by atoms with Crippen molar-refractivity contribution in [2.24, 2.45) is 0 Å². The van der Waals surface area contributed by atoms with Gasteiger partial charge in [0.05, 0.1) is 24.5 Å². The number of esters is 1. The third kappa shape index (κ3) is 4.24. The van der Waals surface area contributed by atoms with E-state index >= 15 is 0 Å². The van der Waals surface area contributed by atoms with Gasteiger partial charge in [-0.05, 0) is 26.0 Å². The molecular formula is C17H16F3NO3. The first-order valence-electron chi connectivity index (χ1n) is 7.15. The van der Waals surface area contributed by atoms with Crippen LogP contribution in [0.5, 0.6) is 5.75 Å². The van der Waals surface area contributed by atoms with E-state index in [1.54, 1.807) is 13.8 Å². The summed E-state index contributed by atoms with van der Waals surface area (Å²) in [5.74, 6) is -0.271. The maximum absolute atomic E-state index is 12.6. The Morgan fingerprint density at radius 3 is 2.25 bits per heavy atom. The number of alkyl halides is 3. The van der Waals surface area contributed by atoms with Crippen LogP contribution in [0.1, 0.15) is 29.9 Å². The minimum atomic E-state index is -4.41. The first-order valence-corrected chi connectivity index (χ1v) is 7.15. The molecule has 0 amide bonds. The minimum absolute atomic E-state index is 0.0259. The topological polar surface area (TPSA) is 48.4 Å². The van der Waals surface area contributed by atoms with Gasteiger partial charge in [0.2, 0.25) is 0 Å². The molecule has 2 aromatic rings. The van der Waals surface area contributed by atoms with E-state index in [1.165, 1.54) is 31.4 Å². The molecule has 1 heterocycles. The number of aromatic nitrogens is 1. The Bertz CT molecular complexity index is 725. The molecule has 0 aliphatic heterocycles. The summed E-state index contributed by atoms with van der Waals surface area (Å²) in [6.45, 7) is 3.41. The summed E-state index contributed by atoms with van der Waals surface area (Å²) in [6.07, 6.45) is -4.73. The predicted octanol–water partition coefficient (Wildman–Crippen LogP) is 4.34. The first-order chi connectivity index (χ1) is 11.2. The molecule has 0 aliphatic rings. The third-order valence-corrected chi connectivity index (χ3v) is 3.09. The number of carbonyl (C=O) groups excluding carboxylic acids is 1. The molecule has 0 spiro atoms. The van der Waals surface area contributed by atoms with Crippen LogP contribution >= 0.6 is 0 Å². The minimum Gasteiger partial charge on any atom is -0.497 e. The Kier molecular flexibility index (Phi) is 5.11. The van der Waals surface area contributed by atoms with E-state index in [9.17, 15) is 18.0 Å². The molecule has 0 N–H and O–H groups in total. The lowest BCUT2D eigenvalue weighted by molar-refractivity contribution is -0.137. The van der Waals surface area contributed by atoms with Gasteiger partial charge >= 0.3 is 12.1 Å². The van der Waals surface area contributed by atoms with Gasteiger partial charge in [-0.1, -0.05) is 12.1 Å². The van der Waals surface area contributed by atoms with Gasteiger partial charge < -0.3 is 9.47 Å². The fourth-order valence-corrected chi connectivity index (χ4v) is 1.98. The first kappa shape index (κ1) is 17.8. The molecule has 0 saturated heterocycles. The standard InChI is InChI=1S/C17H16F3NO3/c1-10(2)24-16(22)15-9-13(23-3)8-14(21-15)11-4-6-12(7-5-11)17(18,19)20/h4-10H,1-3H3. The number of carbonyl (C=O) groups is 1. The number of hydrogen-bond donors (Lipinski definition) is 0. The molecule has 1 aromatic carbocycles. The molecule has 0 fully saturated rings. The van der Waals surface area contributed by atoms with Gasteiger partial charge in [0.1, 0.15) is 5.75 Å². The molecule has 1 aromatic heterocycles. The maximum Gasteiger partial charge on any atom is 0.416 e. The van der Waals surface area contributed by atoms with E-state index in [0.717, 1.165) is 12.1 Å². The summed E-state index contributed by atoms with van der Waals surface area (Å²) in [7, 11) is 1.42. The van der Waals surface area contributed by atoms with E-state index in [2.05, 4.69) is 4.98 Å². The van der Waals surface area contributed by atoms with E-state index in [0.29, 0.717) is 17.0 Å². The van der Waals surface area contributed by atoms with Crippen LogP contribution < -0.4 is 4.74 Å². The molecule has 4 nitrogen and oxygen atoms in total. The van der Waals surface area contributed by atoms with Crippen molar-refractivity contribution in [3.63, 3.8) is 0 Å². The largest absolute Gasteiger partial charge is 0.497 e. The molecule has 0 radical (unpaired) electrons. The Morgan fingerprint density at radius 2 is 1.75 bits per heavy atom. The Morgan fingerprint density at radius 1 is 1.12 bits per heavy atom. The lowest BCUT2D eigenvalue weighted by atomic mass is 10.1. The monoisotopic (exact) mass is 339 g/mol. The van der Waals surface area contributed by atoms with Gasteiger partial charge in [0.25, 0.3) is 0 Å². The molecule has 0 atom stereocenters. The summed E-state index contributed by atoms with van der Waals surface area (Å²) in [5.41, 5.74) is 0.0193. The van der Waals surface area contributed by atoms with Crippen LogP contribution in [0.25, 0.3) is 11.3 Å². The summed E-state index contributed by atoms with van der Waals surface area (Å²) in [5, 5.41) is 0.